The van der Waals surface area contributed by atoms with Gasteiger partial charge in [0.2, 0.25) is 5.91 Å². The maximum absolute atomic E-state index is 12.4. The highest BCUT2D eigenvalue weighted by Gasteiger charge is 2.33. The lowest BCUT2D eigenvalue weighted by atomic mass is 10.0. The van der Waals surface area contributed by atoms with Crippen LogP contribution < -0.4 is 10.6 Å². The zero-order valence-corrected chi connectivity index (χ0v) is 14.7. The first-order chi connectivity index (χ1) is 11.1. The minimum atomic E-state index is -0.250. The summed E-state index contributed by atoms with van der Waals surface area (Å²) in [5.74, 6) is 0.628. The van der Waals surface area contributed by atoms with Crippen molar-refractivity contribution in [2.75, 3.05) is 5.32 Å². The Balaban J connectivity index is 1.65. The van der Waals surface area contributed by atoms with E-state index < -0.39 is 0 Å². The summed E-state index contributed by atoms with van der Waals surface area (Å²) in [5, 5.41) is 6.47. The van der Waals surface area contributed by atoms with Gasteiger partial charge in [-0.2, -0.15) is 0 Å². The summed E-state index contributed by atoms with van der Waals surface area (Å²) in [6, 6.07) is 18.0. The number of benzene rings is 2. The van der Waals surface area contributed by atoms with Crippen molar-refractivity contribution in [2.24, 2.45) is 5.92 Å². The minimum Gasteiger partial charge on any atom is -0.325 e. The molecule has 120 valence electrons. The van der Waals surface area contributed by atoms with Crippen molar-refractivity contribution in [3.63, 3.8) is 0 Å². The first-order valence-corrected chi connectivity index (χ1v) is 8.80. The molecule has 0 spiro atoms. The largest absolute Gasteiger partial charge is 0.325 e. The highest BCUT2D eigenvalue weighted by molar-refractivity contribution is 9.10. The lowest BCUT2D eigenvalue weighted by Gasteiger charge is -2.23. The van der Waals surface area contributed by atoms with E-state index in [1.807, 2.05) is 37.3 Å². The third-order valence-corrected chi connectivity index (χ3v) is 4.66. The van der Waals surface area contributed by atoms with Crippen molar-refractivity contribution < 1.29 is 4.79 Å². The Hall–Kier alpha value is -1.65. The highest BCUT2D eigenvalue weighted by Crippen LogP contribution is 2.41. The second-order valence-corrected chi connectivity index (χ2v) is 7.03. The number of rotatable bonds is 6. The summed E-state index contributed by atoms with van der Waals surface area (Å²) < 4.78 is 0.955. The van der Waals surface area contributed by atoms with Crippen LogP contribution in [-0.2, 0) is 4.79 Å². The van der Waals surface area contributed by atoms with Crippen molar-refractivity contribution in [3.05, 3.63) is 64.6 Å². The number of halogens is 1. The van der Waals surface area contributed by atoms with Gasteiger partial charge in [0, 0.05) is 16.2 Å². The van der Waals surface area contributed by atoms with Gasteiger partial charge in [0.05, 0.1) is 6.04 Å². The van der Waals surface area contributed by atoms with Gasteiger partial charge in [-0.3, -0.25) is 10.1 Å². The molecular formula is C19H21BrN2O. The van der Waals surface area contributed by atoms with Crippen LogP contribution in [-0.4, -0.2) is 11.9 Å². The van der Waals surface area contributed by atoms with Crippen molar-refractivity contribution in [1.29, 1.82) is 0 Å². The molecule has 2 aromatic rings. The van der Waals surface area contributed by atoms with Gasteiger partial charge in [-0.1, -0.05) is 52.3 Å². The maximum Gasteiger partial charge on any atom is 0.241 e. The Labute approximate surface area is 145 Å². The molecule has 0 saturated heterocycles. The molecule has 1 fully saturated rings. The molecule has 2 N–H and O–H groups in total. The molecule has 23 heavy (non-hydrogen) atoms. The van der Waals surface area contributed by atoms with Crippen LogP contribution in [0.5, 0.6) is 0 Å². The predicted octanol–water partition coefficient (Wildman–Crippen LogP) is 4.52. The van der Waals surface area contributed by atoms with Crippen molar-refractivity contribution in [1.82, 2.24) is 5.32 Å². The topological polar surface area (TPSA) is 41.1 Å². The average Bonchev–Trinajstić information content (AvgIpc) is 3.38. The molecule has 2 unspecified atom stereocenters. The zero-order valence-electron chi connectivity index (χ0n) is 13.1. The van der Waals surface area contributed by atoms with Gasteiger partial charge >= 0.3 is 0 Å². The van der Waals surface area contributed by atoms with E-state index in [9.17, 15) is 4.79 Å². The number of carbonyl (C=O) groups excluding carboxylic acids is 1. The van der Waals surface area contributed by atoms with Gasteiger partial charge in [0.15, 0.2) is 0 Å². The molecule has 0 aliphatic heterocycles. The van der Waals surface area contributed by atoms with Crippen LogP contribution in [0.15, 0.2) is 59.1 Å². The Morgan fingerprint density at radius 3 is 2.52 bits per heavy atom. The van der Waals surface area contributed by atoms with E-state index in [2.05, 4.69) is 50.8 Å². The summed E-state index contributed by atoms with van der Waals surface area (Å²) in [5.41, 5.74) is 2.07. The summed E-state index contributed by atoms with van der Waals surface area (Å²) in [6.07, 6.45) is 2.46. The van der Waals surface area contributed by atoms with Crippen LogP contribution in [0.2, 0.25) is 0 Å². The molecule has 0 radical (unpaired) electrons. The summed E-state index contributed by atoms with van der Waals surface area (Å²) in [7, 11) is 0. The Morgan fingerprint density at radius 1 is 1.13 bits per heavy atom. The molecule has 2 aromatic carbocycles. The van der Waals surface area contributed by atoms with Gasteiger partial charge < -0.3 is 5.32 Å². The molecule has 2 atom stereocenters. The fraction of sp³-hybridized carbons (Fsp3) is 0.316. The minimum absolute atomic E-state index is 0.00955. The number of amides is 1. The lowest BCUT2D eigenvalue weighted by Crippen LogP contribution is -2.40. The third-order valence-electron chi connectivity index (χ3n) is 4.17. The summed E-state index contributed by atoms with van der Waals surface area (Å²) in [4.78, 5) is 12.4. The van der Waals surface area contributed by atoms with E-state index in [1.54, 1.807) is 0 Å². The molecule has 1 aliphatic rings. The quantitative estimate of drug-likeness (QED) is 0.782. The normalized spacial score (nSPS) is 16.6. The van der Waals surface area contributed by atoms with E-state index in [4.69, 9.17) is 0 Å². The number of carbonyl (C=O) groups is 1. The number of hydrogen-bond acceptors (Lipinski definition) is 2. The van der Waals surface area contributed by atoms with Crippen LogP contribution in [0.4, 0.5) is 5.69 Å². The summed E-state index contributed by atoms with van der Waals surface area (Å²) in [6.45, 7) is 1.92. The molecule has 1 aliphatic carbocycles. The van der Waals surface area contributed by atoms with Gasteiger partial charge in [-0.25, -0.2) is 0 Å². The molecule has 3 rings (SSSR count). The van der Waals surface area contributed by atoms with E-state index in [0.717, 1.165) is 10.2 Å². The second-order valence-electron chi connectivity index (χ2n) is 6.11. The Kier molecular flexibility index (Phi) is 5.13. The van der Waals surface area contributed by atoms with Crippen LogP contribution in [0.1, 0.15) is 31.4 Å². The molecule has 1 saturated carbocycles. The van der Waals surface area contributed by atoms with E-state index in [-0.39, 0.29) is 18.0 Å². The highest BCUT2D eigenvalue weighted by atomic mass is 79.9. The lowest BCUT2D eigenvalue weighted by molar-refractivity contribution is -0.118. The van der Waals surface area contributed by atoms with E-state index in [1.165, 1.54) is 18.4 Å². The molecule has 4 heteroatoms. The van der Waals surface area contributed by atoms with E-state index in [0.29, 0.717) is 5.92 Å². The van der Waals surface area contributed by atoms with Crippen LogP contribution in [0.3, 0.4) is 0 Å². The number of nitrogens with one attached hydrogen (secondary N) is 2. The third kappa shape index (κ3) is 4.43. The fourth-order valence-electron chi connectivity index (χ4n) is 2.76. The van der Waals surface area contributed by atoms with Gasteiger partial charge in [-0.05, 0) is 49.4 Å². The fourth-order valence-corrected chi connectivity index (χ4v) is 3.16. The van der Waals surface area contributed by atoms with Gasteiger partial charge in [0.1, 0.15) is 0 Å². The van der Waals surface area contributed by atoms with Crippen molar-refractivity contribution >= 4 is 27.5 Å². The first kappa shape index (κ1) is 16.2. The number of anilines is 1. The molecule has 0 aromatic heterocycles. The maximum atomic E-state index is 12.4. The summed E-state index contributed by atoms with van der Waals surface area (Å²) >= 11 is 3.42. The van der Waals surface area contributed by atoms with Crippen LogP contribution >= 0.6 is 15.9 Å². The molecule has 0 heterocycles. The zero-order chi connectivity index (χ0) is 16.2. The molecule has 1 amide bonds. The monoisotopic (exact) mass is 372 g/mol. The second kappa shape index (κ2) is 7.28. The Bertz CT molecular complexity index is 670. The van der Waals surface area contributed by atoms with E-state index >= 15 is 0 Å². The number of hydrogen-bond donors (Lipinski definition) is 2. The Morgan fingerprint density at radius 2 is 1.87 bits per heavy atom. The predicted molar refractivity (Wildman–Crippen MR) is 97.3 cm³/mol. The average molecular weight is 373 g/mol. The molecule has 3 nitrogen and oxygen atoms in total. The molecular weight excluding hydrogens is 352 g/mol. The molecule has 0 bridgehead atoms. The smallest absolute Gasteiger partial charge is 0.241 e. The first-order valence-electron chi connectivity index (χ1n) is 8.01. The van der Waals surface area contributed by atoms with Crippen LogP contribution in [0.25, 0.3) is 0 Å². The van der Waals surface area contributed by atoms with Gasteiger partial charge in [-0.15, -0.1) is 0 Å². The van der Waals surface area contributed by atoms with Crippen molar-refractivity contribution in [3.8, 4) is 0 Å². The van der Waals surface area contributed by atoms with Gasteiger partial charge in [0.25, 0.3) is 0 Å². The van der Waals surface area contributed by atoms with Crippen molar-refractivity contribution in [2.45, 2.75) is 31.8 Å². The SMILES string of the molecule is CC(NC(c1ccccc1)C1CC1)C(=O)Nc1cccc(Br)c1. The van der Waals surface area contributed by atoms with Crippen LogP contribution in [0, 0.1) is 5.92 Å². The standard InChI is InChI=1S/C19H21BrN2O/c1-13(19(23)22-17-9-5-8-16(20)12-17)21-18(15-10-11-15)14-6-3-2-4-7-14/h2-9,12-13,15,18,21H,10-11H2,1H3,(H,22,23).